The molecule has 0 aliphatic heterocycles. The lowest BCUT2D eigenvalue weighted by Gasteiger charge is -2.06. The molecule has 0 amide bonds. The van der Waals surface area contributed by atoms with Gasteiger partial charge in [0.1, 0.15) is 0 Å². The van der Waals surface area contributed by atoms with E-state index in [0.29, 0.717) is 23.4 Å². The van der Waals surface area contributed by atoms with E-state index in [4.69, 9.17) is 17.0 Å². The first-order chi connectivity index (χ1) is 9.95. The van der Waals surface area contributed by atoms with Gasteiger partial charge in [-0.25, -0.2) is 8.42 Å². The summed E-state index contributed by atoms with van der Waals surface area (Å²) >= 11 is 5.31. The quantitative estimate of drug-likeness (QED) is 0.627. The van der Waals surface area contributed by atoms with E-state index in [1.807, 2.05) is 10.6 Å². The predicted molar refractivity (Wildman–Crippen MR) is 86.0 cm³/mol. The first kappa shape index (κ1) is 16.2. The maximum Gasteiger partial charge on any atom is 0.178 e. The lowest BCUT2D eigenvalue weighted by Crippen LogP contribution is -2.03. The number of sulfone groups is 1. The van der Waals surface area contributed by atoms with Crippen molar-refractivity contribution >= 4 is 33.1 Å². The van der Waals surface area contributed by atoms with Crippen molar-refractivity contribution in [3.63, 3.8) is 0 Å². The Morgan fingerprint density at radius 2 is 2.10 bits per heavy atom. The number of H-pyrrole nitrogens is 1. The van der Waals surface area contributed by atoms with Gasteiger partial charge in [-0.15, -0.1) is 0 Å². The van der Waals surface area contributed by atoms with Crippen molar-refractivity contribution in [2.45, 2.75) is 31.2 Å². The Kier molecular flexibility index (Phi) is 5.18. The number of nitrogens with zero attached hydrogens (tertiary/aromatic N) is 1. The van der Waals surface area contributed by atoms with Crippen molar-refractivity contribution < 1.29 is 13.2 Å². The molecule has 1 aromatic heterocycles. The van der Waals surface area contributed by atoms with E-state index < -0.39 is 9.84 Å². The summed E-state index contributed by atoms with van der Waals surface area (Å²) in [4.78, 5) is 3.30. The van der Waals surface area contributed by atoms with Crippen LogP contribution in [0.5, 0.6) is 0 Å². The van der Waals surface area contributed by atoms with Crippen LogP contribution in [-0.4, -0.2) is 37.4 Å². The number of aromatic nitrogens is 2. The third-order valence-electron chi connectivity index (χ3n) is 3.19. The van der Waals surface area contributed by atoms with Gasteiger partial charge >= 0.3 is 0 Å². The molecule has 0 atom stereocenters. The number of hydrogen-bond acceptors (Lipinski definition) is 4. The highest BCUT2D eigenvalue weighted by molar-refractivity contribution is 7.91. The van der Waals surface area contributed by atoms with E-state index in [9.17, 15) is 8.42 Å². The molecule has 0 radical (unpaired) electrons. The maximum absolute atomic E-state index is 11.8. The Balaban J connectivity index is 2.30. The van der Waals surface area contributed by atoms with Gasteiger partial charge in [0.2, 0.25) is 0 Å². The third kappa shape index (κ3) is 3.72. The van der Waals surface area contributed by atoms with Crippen LogP contribution in [0.3, 0.4) is 0 Å². The monoisotopic (exact) mass is 328 g/mol. The standard InChI is InChI=1S/C14H20N2O3S2/c1-3-9-19-10-5-8-16-11-6-4-7-12(21(2,17)18)13(11)15-14(16)20/h4,6-7H,3,5,8-10H2,1-2H3,(H,15,20). The highest BCUT2D eigenvalue weighted by atomic mass is 32.2. The van der Waals surface area contributed by atoms with Crippen LogP contribution in [0.25, 0.3) is 11.0 Å². The molecule has 1 aromatic carbocycles. The smallest absolute Gasteiger partial charge is 0.178 e. The van der Waals surface area contributed by atoms with Crippen molar-refractivity contribution in [1.82, 2.24) is 9.55 Å². The molecule has 0 aliphatic carbocycles. The molecule has 2 aromatic rings. The Morgan fingerprint density at radius 3 is 2.76 bits per heavy atom. The SMILES string of the molecule is CCCOCCCn1c(=S)[nH]c2c(S(C)(=O)=O)cccc21. The van der Waals surface area contributed by atoms with Crippen LogP contribution in [0.1, 0.15) is 19.8 Å². The van der Waals surface area contributed by atoms with Crippen LogP contribution in [-0.2, 0) is 21.1 Å². The highest BCUT2D eigenvalue weighted by Gasteiger charge is 2.15. The summed E-state index contributed by atoms with van der Waals surface area (Å²) in [6.07, 6.45) is 3.04. The molecule has 0 unspecified atom stereocenters. The van der Waals surface area contributed by atoms with E-state index in [-0.39, 0.29) is 4.90 Å². The molecule has 0 saturated carbocycles. The summed E-state index contributed by atoms with van der Waals surface area (Å²) < 4.78 is 31.6. The number of ether oxygens (including phenoxy) is 1. The first-order valence-corrected chi connectivity index (χ1v) is 9.24. The fourth-order valence-corrected chi connectivity index (χ4v) is 3.40. The Hall–Kier alpha value is -1.18. The maximum atomic E-state index is 11.8. The van der Waals surface area contributed by atoms with E-state index in [2.05, 4.69) is 11.9 Å². The van der Waals surface area contributed by atoms with Crippen molar-refractivity contribution in [2.75, 3.05) is 19.5 Å². The molecule has 5 nitrogen and oxygen atoms in total. The van der Waals surface area contributed by atoms with Gasteiger partial charge in [0.25, 0.3) is 0 Å². The number of aromatic amines is 1. The number of imidazole rings is 1. The fraction of sp³-hybridized carbons (Fsp3) is 0.500. The average Bonchev–Trinajstić information content (AvgIpc) is 2.73. The summed E-state index contributed by atoms with van der Waals surface area (Å²) in [5.74, 6) is 0. The van der Waals surface area contributed by atoms with Gasteiger partial charge in [0.05, 0.1) is 15.9 Å². The number of rotatable bonds is 7. The van der Waals surface area contributed by atoms with E-state index in [1.54, 1.807) is 12.1 Å². The first-order valence-electron chi connectivity index (χ1n) is 6.94. The normalized spacial score (nSPS) is 12.1. The van der Waals surface area contributed by atoms with E-state index >= 15 is 0 Å². The van der Waals surface area contributed by atoms with Gasteiger partial charge in [-0.1, -0.05) is 13.0 Å². The zero-order valence-corrected chi connectivity index (χ0v) is 13.9. The Labute approximate surface area is 129 Å². The van der Waals surface area contributed by atoms with Gasteiger partial charge < -0.3 is 14.3 Å². The molecule has 1 heterocycles. The second-order valence-electron chi connectivity index (χ2n) is 4.97. The molecule has 21 heavy (non-hydrogen) atoms. The topological polar surface area (TPSA) is 64.1 Å². The van der Waals surface area contributed by atoms with Crippen molar-refractivity contribution in [3.05, 3.63) is 23.0 Å². The van der Waals surface area contributed by atoms with Gasteiger partial charge in [-0.05, 0) is 37.2 Å². The molecular weight excluding hydrogens is 308 g/mol. The molecule has 0 fully saturated rings. The molecule has 0 bridgehead atoms. The van der Waals surface area contributed by atoms with E-state index in [0.717, 1.165) is 25.0 Å². The molecular formula is C14H20N2O3S2. The number of benzene rings is 1. The number of aryl methyl sites for hydroxylation is 1. The zero-order valence-electron chi connectivity index (χ0n) is 12.3. The number of fused-ring (bicyclic) bond motifs is 1. The summed E-state index contributed by atoms with van der Waals surface area (Å²) in [7, 11) is -3.28. The number of hydrogen-bond donors (Lipinski definition) is 1. The second-order valence-corrected chi connectivity index (χ2v) is 7.34. The molecule has 0 aliphatic rings. The van der Waals surface area contributed by atoms with Gasteiger partial charge in [0.15, 0.2) is 14.6 Å². The van der Waals surface area contributed by atoms with Crippen LogP contribution in [0, 0.1) is 4.77 Å². The molecule has 0 saturated heterocycles. The molecule has 1 N–H and O–H groups in total. The van der Waals surface area contributed by atoms with Crippen molar-refractivity contribution in [1.29, 1.82) is 0 Å². The summed E-state index contributed by atoms with van der Waals surface area (Å²) in [5, 5.41) is 0. The van der Waals surface area contributed by atoms with Crippen LogP contribution in [0.4, 0.5) is 0 Å². The summed E-state index contributed by atoms with van der Waals surface area (Å²) in [5.41, 5.74) is 1.40. The number of para-hydroxylation sites is 1. The lowest BCUT2D eigenvalue weighted by atomic mass is 10.3. The zero-order chi connectivity index (χ0) is 15.5. The summed E-state index contributed by atoms with van der Waals surface area (Å²) in [6, 6.07) is 5.21. The highest BCUT2D eigenvalue weighted by Crippen LogP contribution is 2.22. The van der Waals surface area contributed by atoms with Crippen LogP contribution >= 0.6 is 12.2 Å². The number of nitrogens with one attached hydrogen (secondary N) is 1. The Morgan fingerprint density at radius 1 is 1.33 bits per heavy atom. The molecule has 2 rings (SSSR count). The van der Waals surface area contributed by atoms with Gasteiger partial charge in [0, 0.05) is 26.0 Å². The average molecular weight is 328 g/mol. The van der Waals surface area contributed by atoms with E-state index in [1.165, 1.54) is 6.26 Å². The molecule has 0 spiro atoms. The minimum absolute atomic E-state index is 0.284. The van der Waals surface area contributed by atoms with Crippen molar-refractivity contribution in [3.8, 4) is 0 Å². The van der Waals surface area contributed by atoms with Crippen LogP contribution in [0.2, 0.25) is 0 Å². The molecule has 7 heteroatoms. The fourth-order valence-electron chi connectivity index (χ4n) is 2.26. The van der Waals surface area contributed by atoms with Gasteiger partial charge in [-0.2, -0.15) is 0 Å². The minimum atomic E-state index is -3.28. The summed E-state index contributed by atoms with van der Waals surface area (Å²) in [6.45, 7) is 4.21. The second kappa shape index (κ2) is 6.72. The van der Waals surface area contributed by atoms with Gasteiger partial charge in [-0.3, -0.25) is 0 Å². The Bertz CT molecular complexity index is 775. The van der Waals surface area contributed by atoms with Crippen LogP contribution in [0.15, 0.2) is 23.1 Å². The molecule has 116 valence electrons. The largest absolute Gasteiger partial charge is 0.381 e. The minimum Gasteiger partial charge on any atom is -0.381 e. The predicted octanol–water partition coefficient (Wildman–Crippen LogP) is 2.92. The van der Waals surface area contributed by atoms with Crippen LogP contribution < -0.4 is 0 Å². The third-order valence-corrected chi connectivity index (χ3v) is 4.65. The lowest BCUT2D eigenvalue weighted by molar-refractivity contribution is 0.129. The van der Waals surface area contributed by atoms with Crippen molar-refractivity contribution in [2.24, 2.45) is 0 Å².